The first-order chi connectivity index (χ1) is 11.8. The van der Waals surface area contributed by atoms with Crippen LogP contribution in [0.4, 0.5) is 4.39 Å². The molecule has 124 valence electrons. The van der Waals surface area contributed by atoms with Crippen molar-refractivity contribution in [1.29, 1.82) is 0 Å². The van der Waals surface area contributed by atoms with Crippen LogP contribution in [-0.4, -0.2) is 12.8 Å². The van der Waals surface area contributed by atoms with Crippen LogP contribution in [0.5, 0.6) is 0 Å². The third-order valence-electron chi connectivity index (χ3n) is 4.10. The number of benzene rings is 2. The highest BCUT2D eigenvalue weighted by molar-refractivity contribution is 5.64. The van der Waals surface area contributed by atoms with Crippen molar-refractivity contribution in [2.75, 3.05) is 6.61 Å². The number of hydrogen-bond donors (Lipinski definition) is 0. The average molecular weight is 323 g/mol. The predicted octanol–water partition coefficient (Wildman–Crippen LogP) is 5.46. The fourth-order valence-electron chi connectivity index (χ4n) is 2.84. The van der Waals surface area contributed by atoms with Gasteiger partial charge in [-0.15, -0.1) is 0 Å². The summed E-state index contributed by atoms with van der Waals surface area (Å²) >= 11 is 0. The largest absolute Gasteiger partial charge is 0.369 e. The Labute approximate surface area is 142 Å². The molecule has 0 bridgehead atoms. The normalized spacial score (nSPS) is 14.6. The van der Waals surface area contributed by atoms with E-state index in [0.29, 0.717) is 6.61 Å². The average Bonchev–Trinajstić information content (AvgIpc) is 3.13. The van der Waals surface area contributed by atoms with E-state index < -0.39 is 0 Å². The van der Waals surface area contributed by atoms with Crippen LogP contribution < -0.4 is 0 Å². The second-order valence-corrected chi connectivity index (χ2v) is 5.91. The summed E-state index contributed by atoms with van der Waals surface area (Å²) in [7, 11) is 0. The van der Waals surface area contributed by atoms with Crippen molar-refractivity contribution in [1.82, 2.24) is 0 Å². The molecular formula is C21H22FNO. The van der Waals surface area contributed by atoms with Crippen LogP contribution in [0.2, 0.25) is 0 Å². The zero-order valence-corrected chi connectivity index (χ0v) is 13.7. The van der Waals surface area contributed by atoms with Gasteiger partial charge in [0.05, 0.1) is 0 Å². The van der Waals surface area contributed by atoms with Crippen LogP contribution in [0.1, 0.15) is 42.9 Å². The van der Waals surface area contributed by atoms with E-state index in [1.165, 1.54) is 17.8 Å². The fourth-order valence-corrected chi connectivity index (χ4v) is 2.84. The smallest absolute Gasteiger partial charge is 0.123 e. The lowest BCUT2D eigenvalue weighted by molar-refractivity contribution is 0.0772. The molecule has 3 heteroatoms. The van der Waals surface area contributed by atoms with E-state index in [2.05, 4.69) is 11.1 Å². The number of rotatable bonds is 8. The van der Waals surface area contributed by atoms with Gasteiger partial charge in [0.2, 0.25) is 0 Å². The van der Waals surface area contributed by atoms with Gasteiger partial charge in [-0.1, -0.05) is 48.5 Å². The number of hydrogen-bond acceptors (Lipinski definition) is 2. The molecule has 1 heterocycles. The first-order valence-electron chi connectivity index (χ1n) is 8.46. The van der Waals surface area contributed by atoms with Gasteiger partial charge < -0.3 is 4.74 Å². The van der Waals surface area contributed by atoms with Crippen LogP contribution in [0.25, 0.3) is 0 Å². The van der Waals surface area contributed by atoms with Gasteiger partial charge in [0.1, 0.15) is 11.9 Å². The van der Waals surface area contributed by atoms with Gasteiger partial charge in [0.25, 0.3) is 0 Å². The van der Waals surface area contributed by atoms with Crippen LogP contribution in [0.3, 0.4) is 0 Å². The van der Waals surface area contributed by atoms with Crippen molar-refractivity contribution in [3.8, 4) is 0 Å². The molecular weight excluding hydrogens is 301 g/mol. The monoisotopic (exact) mass is 323 g/mol. The first-order valence-corrected chi connectivity index (χ1v) is 8.46. The number of ether oxygens (including phenoxy) is 1. The van der Waals surface area contributed by atoms with E-state index in [0.717, 1.165) is 36.8 Å². The molecule has 0 aliphatic carbocycles. The zero-order valence-electron chi connectivity index (χ0n) is 13.7. The third kappa shape index (κ3) is 4.62. The molecule has 0 amide bonds. The Bertz CT molecular complexity index is 692. The topological polar surface area (TPSA) is 21.6 Å². The minimum absolute atomic E-state index is 0.157. The molecule has 2 nitrogen and oxygen atoms in total. The summed E-state index contributed by atoms with van der Waals surface area (Å²) in [5.41, 5.74) is 3.26. The maximum absolute atomic E-state index is 13.2. The number of unbranched alkanes of at least 4 members (excludes halogenated alkanes) is 1. The van der Waals surface area contributed by atoms with Gasteiger partial charge in [-0.05, 0) is 42.5 Å². The SMILES string of the molecule is Fc1ccc(C(OCCCCC2=CCC=N2)c2ccccc2)cc1. The van der Waals surface area contributed by atoms with Crippen molar-refractivity contribution in [2.45, 2.75) is 31.8 Å². The molecule has 0 spiro atoms. The van der Waals surface area contributed by atoms with E-state index in [1.54, 1.807) is 12.1 Å². The predicted molar refractivity (Wildman–Crippen MR) is 95.7 cm³/mol. The second-order valence-electron chi connectivity index (χ2n) is 5.91. The molecule has 0 radical (unpaired) electrons. The summed E-state index contributed by atoms with van der Waals surface area (Å²) in [6.45, 7) is 0.675. The van der Waals surface area contributed by atoms with Gasteiger partial charge in [-0.2, -0.15) is 0 Å². The van der Waals surface area contributed by atoms with Gasteiger partial charge in [0.15, 0.2) is 0 Å². The number of nitrogens with zero attached hydrogens (tertiary/aromatic N) is 1. The molecule has 0 saturated carbocycles. The summed E-state index contributed by atoms with van der Waals surface area (Å²) < 4.78 is 19.3. The molecule has 1 atom stereocenters. The van der Waals surface area contributed by atoms with E-state index >= 15 is 0 Å². The van der Waals surface area contributed by atoms with Gasteiger partial charge in [-0.3, -0.25) is 4.99 Å². The molecule has 1 aliphatic rings. The Balaban J connectivity index is 1.58. The summed E-state index contributed by atoms with van der Waals surface area (Å²) in [6.07, 6.45) is 7.98. The number of halogens is 1. The molecule has 1 unspecified atom stereocenters. The molecule has 1 aliphatic heterocycles. The standard InChI is InChI=1S/C21H22FNO/c22-19-13-11-18(12-14-19)21(17-7-2-1-3-8-17)24-16-5-4-9-20-10-6-15-23-20/h1-3,7-8,10-15,21H,4-6,9,16H2. The molecule has 0 aromatic heterocycles. The summed E-state index contributed by atoms with van der Waals surface area (Å²) in [5.74, 6) is -0.226. The lowest BCUT2D eigenvalue weighted by Gasteiger charge is -2.19. The van der Waals surface area contributed by atoms with Crippen molar-refractivity contribution < 1.29 is 9.13 Å². The molecule has 2 aromatic carbocycles. The van der Waals surface area contributed by atoms with Crippen molar-refractivity contribution >= 4 is 6.21 Å². The molecule has 0 N–H and O–H groups in total. The van der Waals surface area contributed by atoms with Crippen LogP contribution in [-0.2, 0) is 4.74 Å². The highest BCUT2D eigenvalue weighted by Crippen LogP contribution is 2.26. The number of aliphatic imine (C=N–C) groups is 1. The third-order valence-corrected chi connectivity index (χ3v) is 4.10. The van der Waals surface area contributed by atoms with Gasteiger partial charge >= 0.3 is 0 Å². The molecule has 0 fully saturated rings. The minimum Gasteiger partial charge on any atom is -0.369 e. The quantitative estimate of drug-likeness (QED) is 0.591. The highest BCUT2D eigenvalue weighted by Gasteiger charge is 2.14. The lowest BCUT2D eigenvalue weighted by atomic mass is 10.0. The second kappa shape index (κ2) is 8.55. The minimum atomic E-state index is -0.226. The van der Waals surface area contributed by atoms with Crippen molar-refractivity contribution in [3.63, 3.8) is 0 Å². The van der Waals surface area contributed by atoms with Crippen molar-refractivity contribution in [3.05, 3.63) is 83.3 Å². The number of allylic oxidation sites excluding steroid dienone is 2. The van der Waals surface area contributed by atoms with E-state index in [4.69, 9.17) is 4.74 Å². The first kappa shape index (κ1) is 16.6. The van der Waals surface area contributed by atoms with Gasteiger partial charge in [-0.25, -0.2) is 4.39 Å². The molecule has 3 rings (SSSR count). The van der Waals surface area contributed by atoms with Crippen LogP contribution >= 0.6 is 0 Å². The Morgan fingerprint density at radius 1 is 0.958 bits per heavy atom. The van der Waals surface area contributed by atoms with Gasteiger partial charge in [0, 0.05) is 24.9 Å². The van der Waals surface area contributed by atoms with E-state index in [-0.39, 0.29) is 11.9 Å². The molecule has 0 saturated heterocycles. The summed E-state index contributed by atoms with van der Waals surface area (Å²) in [6, 6.07) is 16.6. The van der Waals surface area contributed by atoms with Crippen molar-refractivity contribution in [2.24, 2.45) is 4.99 Å². The maximum atomic E-state index is 13.2. The lowest BCUT2D eigenvalue weighted by Crippen LogP contribution is -2.07. The van der Waals surface area contributed by atoms with E-state index in [9.17, 15) is 4.39 Å². The van der Waals surface area contributed by atoms with Crippen LogP contribution in [0, 0.1) is 5.82 Å². The Hall–Kier alpha value is -2.26. The zero-order chi connectivity index (χ0) is 16.6. The summed E-state index contributed by atoms with van der Waals surface area (Å²) in [5, 5.41) is 0. The van der Waals surface area contributed by atoms with Crippen LogP contribution in [0.15, 0.2) is 71.4 Å². The Morgan fingerprint density at radius 3 is 2.42 bits per heavy atom. The van der Waals surface area contributed by atoms with E-state index in [1.807, 2.05) is 36.5 Å². The summed E-state index contributed by atoms with van der Waals surface area (Å²) in [4.78, 5) is 4.33. The Morgan fingerprint density at radius 2 is 1.71 bits per heavy atom. The fraction of sp³-hybridized carbons (Fsp3) is 0.286. The maximum Gasteiger partial charge on any atom is 0.123 e. The molecule has 2 aromatic rings. The Kier molecular flexibility index (Phi) is 5.91. The highest BCUT2D eigenvalue weighted by atomic mass is 19.1. The molecule has 24 heavy (non-hydrogen) atoms.